The second kappa shape index (κ2) is 13.6. The average molecular weight is 625 g/mol. The van der Waals surface area contributed by atoms with E-state index < -0.39 is 16.5 Å². The second-order valence-electron chi connectivity index (χ2n) is 9.56. The third kappa shape index (κ3) is 6.33. The molecule has 13 heteroatoms. The molecule has 4 aromatic carbocycles. The standard InChI is InChI=1S/C33H28N4O9/c1-5-45-27-16-20(10-15-26(27)46-33(39)22-17-28(42-2)30(44-4)29(18-22)43-3)19-34-36-31(21-11-13-23(14-12-21)37(40)41)35-25-9-7-6-8-24(25)32(36)38/h6-19H,5H2,1-4H3. The molecule has 234 valence electrons. The number of nitro groups is 1. The van der Waals surface area contributed by atoms with Crippen LogP contribution < -0.4 is 29.2 Å². The SMILES string of the molecule is CCOc1cc(C=Nn2c(-c3ccc([N+](=O)[O-])cc3)nc3ccccc3c2=O)ccc1OC(=O)c1cc(OC)c(OC)c(OC)c1. The summed E-state index contributed by atoms with van der Waals surface area (Å²) in [7, 11) is 4.34. The number of esters is 1. The fourth-order valence-corrected chi connectivity index (χ4v) is 4.59. The number of para-hydroxylation sites is 1. The molecule has 46 heavy (non-hydrogen) atoms. The number of methoxy groups -OCH3 is 3. The molecule has 0 aliphatic rings. The van der Waals surface area contributed by atoms with Crippen LogP contribution in [0.3, 0.4) is 0 Å². The maximum absolute atomic E-state index is 13.5. The number of carbonyl (C=O) groups is 1. The fourth-order valence-electron chi connectivity index (χ4n) is 4.59. The Bertz CT molecular complexity index is 2000. The molecule has 13 nitrogen and oxygen atoms in total. The zero-order valence-electron chi connectivity index (χ0n) is 25.3. The zero-order valence-corrected chi connectivity index (χ0v) is 25.3. The van der Waals surface area contributed by atoms with Crippen molar-refractivity contribution in [2.24, 2.45) is 5.10 Å². The first-order valence-electron chi connectivity index (χ1n) is 13.9. The highest BCUT2D eigenvalue weighted by atomic mass is 16.6. The van der Waals surface area contributed by atoms with E-state index in [1.165, 1.54) is 63.9 Å². The molecule has 0 fully saturated rings. The quantitative estimate of drug-likeness (QED) is 0.0605. The number of non-ortho nitro benzene ring substituents is 1. The van der Waals surface area contributed by atoms with Gasteiger partial charge in [0.2, 0.25) is 5.75 Å². The van der Waals surface area contributed by atoms with Crippen LogP contribution in [0.5, 0.6) is 28.7 Å². The van der Waals surface area contributed by atoms with Crippen LogP contribution in [0, 0.1) is 10.1 Å². The number of rotatable bonds is 11. The Labute approximate surface area is 262 Å². The first kappa shape index (κ1) is 31.2. The Morgan fingerprint density at radius 1 is 0.913 bits per heavy atom. The predicted molar refractivity (Wildman–Crippen MR) is 170 cm³/mol. The van der Waals surface area contributed by atoms with Gasteiger partial charge < -0.3 is 23.7 Å². The summed E-state index contributed by atoms with van der Waals surface area (Å²) >= 11 is 0. The van der Waals surface area contributed by atoms with Crippen LogP contribution in [-0.2, 0) is 0 Å². The van der Waals surface area contributed by atoms with Crippen LogP contribution in [0.2, 0.25) is 0 Å². The molecule has 0 aliphatic carbocycles. The van der Waals surface area contributed by atoms with Gasteiger partial charge in [-0.3, -0.25) is 14.9 Å². The van der Waals surface area contributed by atoms with E-state index in [-0.39, 0.29) is 46.7 Å². The van der Waals surface area contributed by atoms with E-state index in [4.69, 9.17) is 23.7 Å². The average Bonchev–Trinajstić information content (AvgIpc) is 3.08. The highest BCUT2D eigenvalue weighted by Crippen LogP contribution is 2.39. The van der Waals surface area contributed by atoms with Gasteiger partial charge in [-0.1, -0.05) is 12.1 Å². The van der Waals surface area contributed by atoms with Crippen molar-refractivity contribution in [2.45, 2.75) is 6.92 Å². The summed E-state index contributed by atoms with van der Waals surface area (Å²) < 4.78 is 28.5. The van der Waals surface area contributed by atoms with E-state index in [0.717, 1.165) is 4.68 Å². The molecule has 1 heterocycles. The molecule has 0 atom stereocenters. The van der Waals surface area contributed by atoms with Crippen LogP contribution in [0.1, 0.15) is 22.8 Å². The molecule has 5 rings (SSSR count). The Morgan fingerprint density at radius 3 is 2.24 bits per heavy atom. The molecule has 0 saturated heterocycles. The van der Waals surface area contributed by atoms with Gasteiger partial charge in [0.15, 0.2) is 28.8 Å². The number of hydrogen-bond acceptors (Lipinski definition) is 11. The van der Waals surface area contributed by atoms with Crippen molar-refractivity contribution in [3.63, 3.8) is 0 Å². The summed E-state index contributed by atoms with van der Waals surface area (Å²) in [5, 5.41) is 15.9. The Balaban J connectivity index is 1.50. The minimum Gasteiger partial charge on any atom is -0.493 e. The lowest BCUT2D eigenvalue weighted by Gasteiger charge is -2.15. The van der Waals surface area contributed by atoms with Crippen LogP contribution in [0.4, 0.5) is 5.69 Å². The van der Waals surface area contributed by atoms with Crippen molar-refractivity contribution in [1.82, 2.24) is 9.66 Å². The minimum atomic E-state index is -0.692. The van der Waals surface area contributed by atoms with Gasteiger partial charge in [-0.25, -0.2) is 9.78 Å². The molecule has 1 aromatic heterocycles. The number of ether oxygens (including phenoxy) is 5. The molecule has 0 N–H and O–H groups in total. The van der Waals surface area contributed by atoms with Crippen molar-refractivity contribution < 1.29 is 33.4 Å². The third-order valence-corrected chi connectivity index (χ3v) is 6.78. The monoisotopic (exact) mass is 624 g/mol. The molecule has 5 aromatic rings. The summed E-state index contributed by atoms with van der Waals surface area (Å²) in [5.74, 6) is 0.811. The van der Waals surface area contributed by atoms with E-state index in [2.05, 4.69) is 10.1 Å². The molecule has 0 amide bonds. The number of aromatic nitrogens is 2. The highest BCUT2D eigenvalue weighted by molar-refractivity contribution is 5.93. The van der Waals surface area contributed by atoms with Gasteiger partial charge in [-0.15, -0.1) is 0 Å². The molecular formula is C33H28N4O9. The van der Waals surface area contributed by atoms with Gasteiger partial charge in [-0.2, -0.15) is 9.78 Å². The normalized spacial score (nSPS) is 11.0. The predicted octanol–water partition coefficient (Wildman–Crippen LogP) is 5.50. The van der Waals surface area contributed by atoms with Gasteiger partial charge in [0.05, 0.1) is 55.5 Å². The molecule has 0 spiro atoms. The summed E-state index contributed by atoms with van der Waals surface area (Å²) in [6.45, 7) is 2.05. The molecule has 0 radical (unpaired) electrons. The smallest absolute Gasteiger partial charge is 0.343 e. The van der Waals surface area contributed by atoms with Crippen LogP contribution >= 0.6 is 0 Å². The zero-order chi connectivity index (χ0) is 32.8. The van der Waals surface area contributed by atoms with Gasteiger partial charge in [0.1, 0.15) is 0 Å². The van der Waals surface area contributed by atoms with Gasteiger partial charge >= 0.3 is 5.97 Å². The van der Waals surface area contributed by atoms with Crippen molar-refractivity contribution in [2.75, 3.05) is 27.9 Å². The third-order valence-electron chi connectivity index (χ3n) is 6.78. The summed E-state index contributed by atoms with van der Waals surface area (Å²) in [6, 6.07) is 20.2. The fraction of sp³-hybridized carbons (Fsp3) is 0.152. The van der Waals surface area contributed by atoms with Crippen molar-refractivity contribution in [3.05, 3.63) is 110 Å². The topological polar surface area (TPSA) is 154 Å². The molecule has 0 bridgehead atoms. The number of benzene rings is 4. The molecule has 0 aliphatic heterocycles. The van der Waals surface area contributed by atoms with Crippen LogP contribution in [-0.4, -0.2) is 54.7 Å². The summed E-state index contributed by atoms with van der Waals surface area (Å²) in [5.41, 5.74) is 1.04. The lowest BCUT2D eigenvalue weighted by molar-refractivity contribution is -0.384. The number of carbonyl (C=O) groups excluding carboxylic acids is 1. The Kier molecular flexibility index (Phi) is 9.22. The van der Waals surface area contributed by atoms with E-state index in [9.17, 15) is 19.7 Å². The first-order valence-corrected chi connectivity index (χ1v) is 13.9. The molecular weight excluding hydrogens is 596 g/mol. The van der Waals surface area contributed by atoms with Crippen LogP contribution in [0.25, 0.3) is 22.3 Å². The maximum atomic E-state index is 13.5. The molecule has 0 saturated carbocycles. The lowest BCUT2D eigenvalue weighted by Crippen LogP contribution is -2.20. The van der Waals surface area contributed by atoms with Gasteiger partial charge in [0.25, 0.3) is 11.2 Å². The number of fused-ring (bicyclic) bond motifs is 1. The van der Waals surface area contributed by atoms with Crippen LogP contribution in [0.15, 0.2) is 88.8 Å². The molecule has 0 unspecified atom stereocenters. The lowest BCUT2D eigenvalue weighted by atomic mass is 10.1. The first-order chi connectivity index (χ1) is 22.3. The second-order valence-corrected chi connectivity index (χ2v) is 9.56. The number of hydrogen-bond donors (Lipinski definition) is 0. The summed E-state index contributed by atoms with van der Waals surface area (Å²) in [4.78, 5) is 41.9. The van der Waals surface area contributed by atoms with Gasteiger partial charge in [0, 0.05) is 17.7 Å². The number of nitro benzene ring substituents is 1. The van der Waals surface area contributed by atoms with Crippen molar-refractivity contribution in [1.29, 1.82) is 0 Å². The van der Waals surface area contributed by atoms with E-state index in [0.29, 0.717) is 27.8 Å². The highest BCUT2D eigenvalue weighted by Gasteiger charge is 2.20. The van der Waals surface area contributed by atoms with Crippen molar-refractivity contribution >= 4 is 28.8 Å². The van der Waals surface area contributed by atoms with Crippen molar-refractivity contribution in [3.8, 4) is 40.1 Å². The minimum absolute atomic E-state index is 0.101. The maximum Gasteiger partial charge on any atom is 0.343 e. The van der Waals surface area contributed by atoms with E-state index in [1.54, 1.807) is 49.4 Å². The summed E-state index contributed by atoms with van der Waals surface area (Å²) in [6.07, 6.45) is 1.43. The van der Waals surface area contributed by atoms with E-state index >= 15 is 0 Å². The number of nitrogens with zero attached hydrogens (tertiary/aromatic N) is 4. The largest absolute Gasteiger partial charge is 0.493 e. The van der Waals surface area contributed by atoms with Gasteiger partial charge in [-0.05, 0) is 67.1 Å². The van der Waals surface area contributed by atoms with E-state index in [1.807, 2.05) is 0 Å². The Hall–Kier alpha value is -6.24. The Morgan fingerprint density at radius 2 is 1.61 bits per heavy atom.